The average molecular weight is 493 g/mol. The van der Waals surface area contributed by atoms with E-state index >= 15 is 0 Å². The predicted molar refractivity (Wildman–Crippen MR) is 126 cm³/mol. The van der Waals surface area contributed by atoms with Gasteiger partial charge in [0.25, 0.3) is 11.9 Å². The van der Waals surface area contributed by atoms with Crippen LogP contribution in [0, 0.1) is 0 Å². The average Bonchev–Trinajstić information content (AvgIpc) is 3.64. The lowest BCUT2D eigenvalue weighted by Crippen LogP contribution is -2.31. The summed E-state index contributed by atoms with van der Waals surface area (Å²) in [5.74, 6) is 0.0736. The van der Waals surface area contributed by atoms with Crippen LogP contribution in [-0.4, -0.2) is 42.1 Å². The van der Waals surface area contributed by atoms with Gasteiger partial charge in [-0.2, -0.15) is 18.3 Å². The Morgan fingerprint density at radius 3 is 2.53 bits per heavy atom. The van der Waals surface area contributed by atoms with Gasteiger partial charge in [-0.15, -0.1) is 0 Å². The molecule has 36 heavy (non-hydrogen) atoms. The monoisotopic (exact) mass is 492 g/mol. The van der Waals surface area contributed by atoms with Gasteiger partial charge in [0.05, 0.1) is 28.7 Å². The quantitative estimate of drug-likeness (QED) is 0.351. The van der Waals surface area contributed by atoms with Crippen LogP contribution in [0.3, 0.4) is 0 Å². The molecule has 1 amide bonds. The Kier molecular flexibility index (Phi) is 6.26. The van der Waals surface area contributed by atoms with Gasteiger partial charge in [0, 0.05) is 43.2 Å². The number of hydrogen-bond acceptors (Lipinski definition) is 5. The van der Waals surface area contributed by atoms with Gasteiger partial charge in [0.15, 0.2) is 0 Å². The van der Waals surface area contributed by atoms with E-state index in [0.717, 1.165) is 24.5 Å². The normalized spacial score (nSPS) is 13.6. The molecule has 0 unspecified atom stereocenters. The minimum Gasteiger partial charge on any atom is -0.334 e. The van der Waals surface area contributed by atoms with E-state index in [4.69, 9.17) is 0 Å². The first kappa shape index (κ1) is 23.7. The Morgan fingerprint density at radius 1 is 1.08 bits per heavy atom. The summed E-state index contributed by atoms with van der Waals surface area (Å²) in [5.41, 5.74) is 1.42. The molecule has 10 heteroatoms. The van der Waals surface area contributed by atoms with Crippen LogP contribution in [0.2, 0.25) is 0 Å². The first-order valence-electron chi connectivity index (χ1n) is 11.6. The van der Waals surface area contributed by atoms with Crippen LogP contribution in [0.5, 0.6) is 0 Å². The topological polar surface area (TPSA) is 76.8 Å². The first-order chi connectivity index (χ1) is 17.4. The smallest absolute Gasteiger partial charge is 0.334 e. The summed E-state index contributed by atoms with van der Waals surface area (Å²) in [7, 11) is 0. The van der Waals surface area contributed by atoms with Crippen molar-refractivity contribution in [3.8, 4) is 17.2 Å². The zero-order valence-corrected chi connectivity index (χ0v) is 19.5. The van der Waals surface area contributed by atoms with Crippen molar-refractivity contribution in [2.75, 3.05) is 6.54 Å². The lowest BCUT2D eigenvalue weighted by Gasteiger charge is -2.21. The molecule has 3 aromatic heterocycles. The molecule has 1 saturated carbocycles. The first-order valence-corrected chi connectivity index (χ1v) is 11.6. The third-order valence-electron chi connectivity index (χ3n) is 6.13. The number of halogens is 3. The zero-order chi connectivity index (χ0) is 25.3. The Bertz CT molecular complexity index is 1380. The highest BCUT2D eigenvalue weighted by atomic mass is 19.4. The van der Waals surface area contributed by atoms with E-state index in [1.807, 2.05) is 19.1 Å². The molecule has 1 aromatic carbocycles. The van der Waals surface area contributed by atoms with Gasteiger partial charge in [-0.3, -0.25) is 9.78 Å². The highest BCUT2D eigenvalue weighted by Crippen LogP contribution is 2.43. The molecular formula is C26H23F3N6O. The number of pyridine rings is 1. The number of carbonyl (C=O) groups excluding carboxylic acids is 1. The summed E-state index contributed by atoms with van der Waals surface area (Å²) >= 11 is 0. The van der Waals surface area contributed by atoms with Gasteiger partial charge in [-0.05, 0) is 49.6 Å². The minimum absolute atomic E-state index is 0.0420. The fourth-order valence-corrected chi connectivity index (χ4v) is 4.19. The molecule has 7 nitrogen and oxygen atoms in total. The van der Waals surface area contributed by atoms with Crippen molar-refractivity contribution in [2.24, 2.45) is 0 Å². The van der Waals surface area contributed by atoms with Crippen molar-refractivity contribution < 1.29 is 18.0 Å². The van der Waals surface area contributed by atoms with Gasteiger partial charge in [-0.25, -0.2) is 14.6 Å². The Balaban J connectivity index is 1.52. The molecule has 0 aliphatic heterocycles. The van der Waals surface area contributed by atoms with E-state index in [1.54, 1.807) is 17.3 Å². The van der Waals surface area contributed by atoms with Crippen molar-refractivity contribution in [1.82, 2.24) is 29.6 Å². The SMILES string of the molecule is CCN(Cc1ccncc1)C(=O)c1cnn(-c2nccc(-c3ccccc3C(F)(F)F)n2)c1C1CC1. The highest BCUT2D eigenvalue weighted by Gasteiger charge is 2.36. The van der Waals surface area contributed by atoms with E-state index in [-0.39, 0.29) is 29.0 Å². The van der Waals surface area contributed by atoms with Crippen LogP contribution in [0.1, 0.15) is 52.9 Å². The van der Waals surface area contributed by atoms with E-state index in [0.29, 0.717) is 24.3 Å². The maximum absolute atomic E-state index is 13.6. The van der Waals surface area contributed by atoms with Crippen molar-refractivity contribution in [3.63, 3.8) is 0 Å². The Morgan fingerprint density at radius 2 is 1.83 bits per heavy atom. The molecule has 0 radical (unpaired) electrons. The lowest BCUT2D eigenvalue weighted by atomic mass is 10.0. The standard InChI is InChI=1S/C26H23F3N6O/c1-2-34(16-17-9-12-30-13-10-17)24(36)20-15-32-35(23(20)18-7-8-18)25-31-14-11-22(33-25)19-5-3-4-6-21(19)26(27,28)29/h3-6,9-15,18H,2,7-8,16H2,1H3. The van der Waals surface area contributed by atoms with Crippen LogP contribution in [0.4, 0.5) is 13.2 Å². The summed E-state index contributed by atoms with van der Waals surface area (Å²) in [5, 5.41) is 4.41. The third-order valence-corrected chi connectivity index (χ3v) is 6.13. The van der Waals surface area contributed by atoms with Crippen LogP contribution >= 0.6 is 0 Å². The number of hydrogen-bond donors (Lipinski definition) is 0. The number of benzene rings is 1. The maximum atomic E-state index is 13.6. The molecule has 0 bridgehead atoms. The van der Waals surface area contributed by atoms with E-state index < -0.39 is 11.7 Å². The molecule has 184 valence electrons. The predicted octanol–water partition coefficient (Wildman–Crippen LogP) is 5.28. The van der Waals surface area contributed by atoms with Crippen molar-refractivity contribution in [1.29, 1.82) is 0 Å². The minimum atomic E-state index is -4.52. The molecule has 0 spiro atoms. The van der Waals surface area contributed by atoms with E-state index in [1.165, 1.54) is 41.3 Å². The number of aromatic nitrogens is 5. The second-order valence-electron chi connectivity index (χ2n) is 8.59. The molecule has 0 N–H and O–H groups in total. The van der Waals surface area contributed by atoms with E-state index in [2.05, 4.69) is 20.1 Å². The Labute approximate surface area is 205 Å². The molecule has 1 aliphatic carbocycles. The summed E-state index contributed by atoms with van der Waals surface area (Å²) in [6, 6.07) is 10.4. The Hall–Kier alpha value is -4.08. The van der Waals surface area contributed by atoms with E-state index in [9.17, 15) is 18.0 Å². The molecule has 1 fully saturated rings. The molecule has 0 atom stereocenters. The lowest BCUT2D eigenvalue weighted by molar-refractivity contribution is -0.137. The highest BCUT2D eigenvalue weighted by molar-refractivity contribution is 5.95. The molecule has 1 aliphatic rings. The zero-order valence-electron chi connectivity index (χ0n) is 19.5. The third kappa shape index (κ3) is 4.71. The molecule has 4 aromatic rings. The number of carbonyl (C=O) groups is 1. The van der Waals surface area contributed by atoms with Crippen LogP contribution < -0.4 is 0 Å². The van der Waals surface area contributed by atoms with Gasteiger partial charge < -0.3 is 4.90 Å². The summed E-state index contributed by atoms with van der Waals surface area (Å²) < 4.78 is 42.3. The summed E-state index contributed by atoms with van der Waals surface area (Å²) in [4.78, 5) is 28.0. The molecular weight excluding hydrogens is 469 g/mol. The van der Waals surface area contributed by atoms with Crippen molar-refractivity contribution in [3.05, 3.63) is 89.6 Å². The molecule has 3 heterocycles. The molecule has 5 rings (SSSR count). The van der Waals surface area contributed by atoms with Gasteiger partial charge in [0.1, 0.15) is 0 Å². The van der Waals surface area contributed by atoms with Crippen LogP contribution in [0.15, 0.2) is 67.3 Å². The molecule has 0 saturated heterocycles. The second kappa shape index (κ2) is 9.52. The fraction of sp³-hybridized carbons (Fsp3) is 0.269. The number of alkyl halides is 3. The summed E-state index contributed by atoms with van der Waals surface area (Å²) in [6.45, 7) is 2.83. The van der Waals surface area contributed by atoms with Crippen LogP contribution in [0.25, 0.3) is 17.2 Å². The van der Waals surface area contributed by atoms with Crippen molar-refractivity contribution in [2.45, 2.75) is 38.4 Å². The van der Waals surface area contributed by atoms with Gasteiger partial charge >= 0.3 is 6.18 Å². The summed E-state index contributed by atoms with van der Waals surface area (Å²) in [6.07, 6.45) is 3.53. The number of amides is 1. The number of nitrogens with zero attached hydrogens (tertiary/aromatic N) is 6. The fourth-order valence-electron chi connectivity index (χ4n) is 4.19. The van der Waals surface area contributed by atoms with Gasteiger partial charge in [-0.1, -0.05) is 18.2 Å². The maximum Gasteiger partial charge on any atom is 0.417 e. The second-order valence-corrected chi connectivity index (χ2v) is 8.59. The van der Waals surface area contributed by atoms with Gasteiger partial charge in [0.2, 0.25) is 0 Å². The number of rotatable bonds is 7. The van der Waals surface area contributed by atoms with Crippen molar-refractivity contribution >= 4 is 5.91 Å². The largest absolute Gasteiger partial charge is 0.417 e. The van der Waals surface area contributed by atoms with Crippen LogP contribution in [-0.2, 0) is 12.7 Å².